The normalized spacial score (nSPS) is 10.2. The first-order chi connectivity index (χ1) is 9.26. The Morgan fingerprint density at radius 2 is 2.00 bits per heavy atom. The van der Waals surface area contributed by atoms with Crippen molar-refractivity contribution < 1.29 is 14.3 Å². The summed E-state index contributed by atoms with van der Waals surface area (Å²) in [6.45, 7) is 3.63. The van der Waals surface area contributed by atoms with E-state index in [4.69, 9.17) is 9.47 Å². The predicted molar refractivity (Wildman–Crippen MR) is 75.4 cm³/mol. The van der Waals surface area contributed by atoms with E-state index in [0.717, 1.165) is 31.6 Å². The summed E-state index contributed by atoms with van der Waals surface area (Å²) < 4.78 is 10.1. The zero-order valence-electron chi connectivity index (χ0n) is 11.8. The number of carbonyl (C=O) groups is 1. The molecule has 1 aromatic carbocycles. The van der Waals surface area contributed by atoms with Crippen molar-refractivity contribution in [3.05, 3.63) is 29.8 Å². The number of carbonyl (C=O) groups excluding carboxylic acids is 1. The molecule has 0 atom stereocenters. The van der Waals surface area contributed by atoms with Crippen LogP contribution >= 0.6 is 0 Å². The lowest BCUT2D eigenvalue weighted by Gasteiger charge is -2.06. The van der Waals surface area contributed by atoms with Crippen LogP contribution in [0.5, 0.6) is 5.75 Å². The Kier molecular flexibility index (Phi) is 7.66. The standard InChI is InChI=1S/C15H23NO3/c1-3-4-11-19-15(17)12-16-10-9-13-5-7-14(18-2)8-6-13/h5-8,16H,3-4,9-12H2,1-2H3. The minimum absolute atomic E-state index is 0.178. The van der Waals surface area contributed by atoms with Gasteiger partial charge >= 0.3 is 5.97 Å². The van der Waals surface area contributed by atoms with Crippen molar-refractivity contribution in [2.45, 2.75) is 26.2 Å². The first kappa shape index (κ1) is 15.5. The fourth-order valence-electron chi connectivity index (χ4n) is 1.60. The quantitative estimate of drug-likeness (QED) is 0.549. The molecule has 0 aliphatic carbocycles. The lowest BCUT2D eigenvalue weighted by Crippen LogP contribution is -2.26. The highest BCUT2D eigenvalue weighted by Crippen LogP contribution is 2.11. The smallest absolute Gasteiger partial charge is 0.319 e. The number of methoxy groups -OCH3 is 1. The van der Waals surface area contributed by atoms with Gasteiger partial charge in [-0.3, -0.25) is 4.79 Å². The van der Waals surface area contributed by atoms with E-state index in [-0.39, 0.29) is 12.5 Å². The molecule has 0 spiro atoms. The van der Waals surface area contributed by atoms with Gasteiger partial charge in [-0.15, -0.1) is 0 Å². The fraction of sp³-hybridized carbons (Fsp3) is 0.533. The SMILES string of the molecule is CCCCOC(=O)CNCCc1ccc(OC)cc1. The summed E-state index contributed by atoms with van der Waals surface area (Å²) in [4.78, 5) is 11.3. The Balaban J connectivity index is 2.11. The van der Waals surface area contributed by atoms with Gasteiger partial charge in [-0.1, -0.05) is 25.5 Å². The van der Waals surface area contributed by atoms with Crippen LogP contribution in [-0.2, 0) is 16.0 Å². The number of hydrogen-bond acceptors (Lipinski definition) is 4. The molecule has 0 radical (unpaired) electrons. The van der Waals surface area contributed by atoms with E-state index >= 15 is 0 Å². The van der Waals surface area contributed by atoms with E-state index in [1.807, 2.05) is 24.3 Å². The summed E-state index contributed by atoms with van der Waals surface area (Å²) in [7, 11) is 1.65. The molecule has 0 saturated heterocycles. The van der Waals surface area contributed by atoms with Crippen molar-refractivity contribution in [2.75, 3.05) is 26.8 Å². The molecule has 1 N–H and O–H groups in total. The Hall–Kier alpha value is -1.55. The number of benzene rings is 1. The van der Waals surface area contributed by atoms with Crippen molar-refractivity contribution in [1.82, 2.24) is 5.32 Å². The predicted octanol–water partition coefficient (Wildman–Crippen LogP) is 2.17. The third-order valence-electron chi connectivity index (χ3n) is 2.78. The van der Waals surface area contributed by atoms with Crippen molar-refractivity contribution in [2.24, 2.45) is 0 Å². The number of unbranched alkanes of at least 4 members (excludes halogenated alkanes) is 1. The van der Waals surface area contributed by atoms with Crippen LogP contribution in [0.3, 0.4) is 0 Å². The number of rotatable bonds is 9. The Labute approximate surface area is 115 Å². The van der Waals surface area contributed by atoms with Crippen LogP contribution in [0.4, 0.5) is 0 Å². The zero-order valence-corrected chi connectivity index (χ0v) is 11.8. The van der Waals surface area contributed by atoms with Crippen LogP contribution in [0.2, 0.25) is 0 Å². The average molecular weight is 265 g/mol. The molecule has 19 heavy (non-hydrogen) atoms. The summed E-state index contributed by atoms with van der Waals surface area (Å²) in [5.74, 6) is 0.680. The van der Waals surface area contributed by atoms with Crippen LogP contribution in [-0.4, -0.2) is 32.8 Å². The van der Waals surface area contributed by atoms with Gasteiger partial charge in [-0.2, -0.15) is 0 Å². The summed E-state index contributed by atoms with van der Waals surface area (Å²) in [6, 6.07) is 7.93. The first-order valence-corrected chi connectivity index (χ1v) is 6.75. The topological polar surface area (TPSA) is 47.6 Å². The maximum atomic E-state index is 11.3. The van der Waals surface area contributed by atoms with Gasteiger partial charge < -0.3 is 14.8 Å². The molecule has 1 rings (SSSR count). The number of hydrogen-bond donors (Lipinski definition) is 1. The summed E-state index contributed by atoms with van der Waals surface area (Å²) >= 11 is 0. The van der Waals surface area contributed by atoms with Gasteiger partial charge in [-0.05, 0) is 37.1 Å². The highest BCUT2D eigenvalue weighted by molar-refractivity contribution is 5.71. The second kappa shape index (κ2) is 9.39. The molecule has 4 nitrogen and oxygen atoms in total. The van der Waals surface area contributed by atoms with Crippen LogP contribution in [0.15, 0.2) is 24.3 Å². The second-order valence-electron chi connectivity index (χ2n) is 4.35. The lowest BCUT2D eigenvalue weighted by atomic mass is 10.1. The van der Waals surface area contributed by atoms with Crippen LogP contribution in [0.25, 0.3) is 0 Å². The van der Waals surface area contributed by atoms with Gasteiger partial charge in [-0.25, -0.2) is 0 Å². The highest BCUT2D eigenvalue weighted by Gasteiger charge is 2.01. The summed E-state index contributed by atoms with van der Waals surface area (Å²) in [5, 5.41) is 3.08. The molecule has 0 fully saturated rings. The third-order valence-corrected chi connectivity index (χ3v) is 2.78. The molecule has 0 heterocycles. The van der Waals surface area contributed by atoms with Crippen LogP contribution in [0.1, 0.15) is 25.3 Å². The molecule has 0 aliphatic rings. The second-order valence-corrected chi connectivity index (χ2v) is 4.35. The maximum Gasteiger partial charge on any atom is 0.319 e. The van der Waals surface area contributed by atoms with E-state index in [1.54, 1.807) is 7.11 Å². The van der Waals surface area contributed by atoms with E-state index in [2.05, 4.69) is 12.2 Å². The molecule has 0 aliphatic heterocycles. The van der Waals surface area contributed by atoms with Gasteiger partial charge in [0.25, 0.3) is 0 Å². The Bertz CT molecular complexity index is 362. The molecular formula is C15H23NO3. The van der Waals surface area contributed by atoms with Gasteiger partial charge in [0.2, 0.25) is 0 Å². The molecule has 0 amide bonds. The molecule has 0 unspecified atom stereocenters. The summed E-state index contributed by atoms with van der Waals surface area (Å²) in [6.07, 6.45) is 2.85. The first-order valence-electron chi connectivity index (χ1n) is 6.75. The fourth-order valence-corrected chi connectivity index (χ4v) is 1.60. The molecule has 0 bridgehead atoms. The van der Waals surface area contributed by atoms with E-state index in [9.17, 15) is 4.79 Å². The highest BCUT2D eigenvalue weighted by atomic mass is 16.5. The van der Waals surface area contributed by atoms with Gasteiger partial charge in [0.05, 0.1) is 20.3 Å². The molecule has 4 heteroatoms. The van der Waals surface area contributed by atoms with Gasteiger partial charge in [0.15, 0.2) is 0 Å². The van der Waals surface area contributed by atoms with E-state index in [0.29, 0.717) is 6.61 Å². The van der Waals surface area contributed by atoms with Gasteiger partial charge in [0, 0.05) is 0 Å². The monoisotopic (exact) mass is 265 g/mol. The van der Waals surface area contributed by atoms with Crippen LogP contribution < -0.4 is 10.1 Å². The average Bonchev–Trinajstić information content (AvgIpc) is 2.44. The van der Waals surface area contributed by atoms with Crippen molar-refractivity contribution >= 4 is 5.97 Å². The van der Waals surface area contributed by atoms with E-state index < -0.39 is 0 Å². The summed E-state index contributed by atoms with van der Waals surface area (Å²) in [5.41, 5.74) is 1.22. The minimum atomic E-state index is -0.178. The van der Waals surface area contributed by atoms with Crippen molar-refractivity contribution in [3.63, 3.8) is 0 Å². The molecular weight excluding hydrogens is 242 g/mol. The minimum Gasteiger partial charge on any atom is -0.497 e. The van der Waals surface area contributed by atoms with E-state index in [1.165, 1.54) is 5.56 Å². The Morgan fingerprint density at radius 1 is 1.26 bits per heavy atom. The van der Waals surface area contributed by atoms with Crippen LogP contribution in [0, 0.1) is 0 Å². The molecule has 1 aromatic rings. The van der Waals surface area contributed by atoms with Crippen molar-refractivity contribution in [3.8, 4) is 5.75 Å². The lowest BCUT2D eigenvalue weighted by molar-refractivity contribution is -0.142. The number of ether oxygens (including phenoxy) is 2. The molecule has 0 saturated carbocycles. The van der Waals surface area contributed by atoms with Gasteiger partial charge in [0.1, 0.15) is 5.75 Å². The third kappa shape index (κ3) is 6.82. The number of nitrogens with one attached hydrogen (secondary N) is 1. The zero-order chi connectivity index (χ0) is 13.9. The number of esters is 1. The van der Waals surface area contributed by atoms with Crippen molar-refractivity contribution in [1.29, 1.82) is 0 Å². The Morgan fingerprint density at radius 3 is 2.63 bits per heavy atom. The maximum absolute atomic E-state index is 11.3. The molecule has 106 valence electrons. The largest absolute Gasteiger partial charge is 0.497 e. The molecule has 0 aromatic heterocycles.